The van der Waals surface area contributed by atoms with Crippen LogP contribution in [-0.4, -0.2) is 18.6 Å². The molecule has 17 heavy (non-hydrogen) atoms. The smallest absolute Gasteiger partial charge is 0.274 e. The molecule has 0 N–H and O–H groups in total. The zero-order valence-electron chi connectivity index (χ0n) is 8.23. The number of amides is 1. The normalized spacial score (nSPS) is 20.3. The molecule has 1 unspecified atom stereocenters. The number of rotatable bonds is 2. The number of carbonyl (C=O) groups is 1. The van der Waals surface area contributed by atoms with E-state index in [0.717, 1.165) is 0 Å². The van der Waals surface area contributed by atoms with Gasteiger partial charge in [-0.1, -0.05) is 23.7 Å². The molecular formula is C9H6Cl2FNO3S. The van der Waals surface area contributed by atoms with Crippen LogP contribution in [0.4, 0.5) is 4.39 Å². The lowest BCUT2D eigenvalue weighted by molar-refractivity contribution is -0.137. The van der Waals surface area contributed by atoms with Gasteiger partial charge in [-0.15, -0.1) is 0 Å². The highest BCUT2D eigenvalue weighted by atomic mass is 35.7. The maximum atomic E-state index is 13.7. The van der Waals surface area contributed by atoms with E-state index in [0.29, 0.717) is 4.31 Å². The van der Waals surface area contributed by atoms with Crippen LogP contribution >= 0.6 is 22.3 Å². The third kappa shape index (κ3) is 2.12. The van der Waals surface area contributed by atoms with E-state index in [1.165, 1.54) is 18.2 Å². The second kappa shape index (κ2) is 4.12. The summed E-state index contributed by atoms with van der Waals surface area (Å²) in [6.07, 6.45) is -0.108. The Balaban J connectivity index is 2.43. The van der Waals surface area contributed by atoms with Crippen molar-refractivity contribution in [1.29, 1.82) is 0 Å². The van der Waals surface area contributed by atoms with Crippen molar-refractivity contribution in [2.45, 2.75) is 12.5 Å². The van der Waals surface area contributed by atoms with Crippen LogP contribution in [0.2, 0.25) is 5.02 Å². The molecule has 4 nitrogen and oxygen atoms in total. The van der Waals surface area contributed by atoms with Crippen molar-refractivity contribution in [2.75, 3.05) is 0 Å². The number of nitrogens with zero attached hydrogens (tertiary/aromatic N) is 1. The molecule has 1 atom stereocenters. The molecule has 1 heterocycles. The fourth-order valence-electron chi connectivity index (χ4n) is 1.69. The van der Waals surface area contributed by atoms with Crippen molar-refractivity contribution >= 4 is 37.4 Å². The number of hydrogen-bond donors (Lipinski definition) is 0. The third-order valence-electron chi connectivity index (χ3n) is 2.47. The summed E-state index contributed by atoms with van der Waals surface area (Å²) >= 11 is 5.58. The number of halogens is 3. The van der Waals surface area contributed by atoms with Gasteiger partial charge in [-0.2, -0.15) is 8.42 Å². The number of benzene rings is 1. The molecule has 1 aromatic carbocycles. The minimum absolute atomic E-state index is 0.0429. The van der Waals surface area contributed by atoms with E-state index in [1.807, 2.05) is 0 Å². The Morgan fingerprint density at radius 1 is 1.41 bits per heavy atom. The van der Waals surface area contributed by atoms with E-state index in [4.69, 9.17) is 22.3 Å². The predicted molar refractivity (Wildman–Crippen MR) is 60.4 cm³/mol. The molecule has 1 aliphatic rings. The SMILES string of the molecule is O=C1CC(c2cccc(Cl)c2F)N1S(=O)(=O)Cl. The molecule has 0 aliphatic carbocycles. The van der Waals surface area contributed by atoms with E-state index in [-0.39, 0.29) is 17.0 Å². The van der Waals surface area contributed by atoms with E-state index in [2.05, 4.69) is 0 Å². The Morgan fingerprint density at radius 3 is 2.59 bits per heavy atom. The molecule has 8 heteroatoms. The summed E-state index contributed by atoms with van der Waals surface area (Å²) in [5.74, 6) is -1.40. The first kappa shape index (κ1) is 12.6. The van der Waals surface area contributed by atoms with E-state index < -0.39 is 27.0 Å². The van der Waals surface area contributed by atoms with Gasteiger partial charge in [-0.3, -0.25) is 4.79 Å². The largest absolute Gasteiger partial charge is 0.324 e. The van der Waals surface area contributed by atoms with Gasteiger partial charge in [0.25, 0.3) is 0 Å². The van der Waals surface area contributed by atoms with E-state index >= 15 is 0 Å². The molecule has 1 fully saturated rings. The first-order chi connectivity index (χ1) is 7.82. The van der Waals surface area contributed by atoms with Crippen molar-refractivity contribution in [2.24, 2.45) is 0 Å². The molecular weight excluding hydrogens is 292 g/mol. The molecule has 0 radical (unpaired) electrons. The maximum Gasteiger partial charge on any atom is 0.324 e. The van der Waals surface area contributed by atoms with Crippen LogP contribution < -0.4 is 0 Å². The molecule has 0 saturated carbocycles. The Bertz CT molecular complexity index is 590. The van der Waals surface area contributed by atoms with Gasteiger partial charge in [0, 0.05) is 16.2 Å². The van der Waals surface area contributed by atoms with Crippen LogP contribution in [0.1, 0.15) is 18.0 Å². The molecule has 1 aromatic rings. The van der Waals surface area contributed by atoms with Crippen LogP contribution in [-0.2, 0) is 14.0 Å². The molecule has 0 aromatic heterocycles. The molecule has 1 amide bonds. The highest BCUT2D eigenvalue weighted by molar-refractivity contribution is 8.12. The quantitative estimate of drug-likeness (QED) is 0.621. The van der Waals surface area contributed by atoms with Crippen molar-refractivity contribution < 1.29 is 17.6 Å². The zero-order valence-corrected chi connectivity index (χ0v) is 10.6. The average molecular weight is 298 g/mol. The lowest BCUT2D eigenvalue weighted by Crippen LogP contribution is -2.48. The molecule has 0 bridgehead atoms. The van der Waals surface area contributed by atoms with Gasteiger partial charge in [0.2, 0.25) is 5.91 Å². The maximum absolute atomic E-state index is 13.7. The van der Waals surface area contributed by atoms with Crippen LogP contribution in [0.25, 0.3) is 0 Å². The van der Waals surface area contributed by atoms with Gasteiger partial charge >= 0.3 is 9.24 Å². The Hall–Kier alpha value is -0.850. The Kier molecular flexibility index (Phi) is 3.05. The van der Waals surface area contributed by atoms with Crippen LogP contribution in [0.15, 0.2) is 18.2 Å². The summed E-state index contributed by atoms with van der Waals surface area (Å²) in [7, 11) is 0.893. The highest BCUT2D eigenvalue weighted by Crippen LogP contribution is 2.40. The van der Waals surface area contributed by atoms with Gasteiger partial charge in [-0.05, 0) is 6.07 Å². The molecule has 1 saturated heterocycles. The Labute approximate surface area is 106 Å². The minimum Gasteiger partial charge on any atom is -0.274 e. The van der Waals surface area contributed by atoms with Gasteiger partial charge in [0.15, 0.2) is 0 Å². The van der Waals surface area contributed by atoms with Crippen molar-refractivity contribution in [1.82, 2.24) is 4.31 Å². The molecule has 2 rings (SSSR count). The monoisotopic (exact) mass is 297 g/mol. The second-order valence-electron chi connectivity index (χ2n) is 3.49. The molecule has 0 spiro atoms. The van der Waals surface area contributed by atoms with Gasteiger partial charge in [0.05, 0.1) is 17.5 Å². The fraction of sp³-hybridized carbons (Fsp3) is 0.222. The predicted octanol–water partition coefficient (Wildman–Crippen LogP) is 2.24. The van der Waals surface area contributed by atoms with Crippen LogP contribution in [0.5, 0.6) is 0 Å². The topological polar surface area (TPSA) is 54.5 Å². The fourth-order valence-corrected chi connectivity index (χ4v) is 3.20. The van der Waals surface area contributed by atoms with Gasteiger partial charge in [-0.25, -0.2) is 8.70 Å². The number of β-lactam (4-membered cyclic amide) rings is 1. The summed E-state index contributed by atoms with van der Waals surface area (Å²) in [5.41, 5.74) is 0.0429. The summed E-state index contributed by atoms with van der Waals surface area (Å²) in [6, 6.07) is 3.26. The number of hydrogen-bond acceptors (Lipinski definition) is 3. The third-order valence-corrected chi connectivity index (χ3v) is 4.14. The van der Waals surface area contributed by atoms with E-state index in [1.54, 1.807) is 0 Å². The standard InChI is InChI=1S/C9H6Cl2FNO3S/c10-6-3-1-2-5(9(6)12)7-4-8(14)13(7)17(11,15)16/h1-3,7H,4H2. The van der Waals surface area contributed by atoms with Gasteiger partial charge in [0.1, 0.15) is 5.82 Å². The lowest BCUT2D eigenvalue weighted by atomic mass is 9.97. The first-order valence-electron chi connectivity index (χ1n) is 4.53. The van der Waals surface area contributed by atoms with Crippen LogP contribution in [0.3, 0.4) is 0 Å². The summed E-state index contributed by atoms with van der Waals surface area (Å²) in [5, 5.41) is -0.131. The summed E-state index contributed by atoms with van der Waals surface area (Å²) < 4.78 is 36.3. The number of carbonyl (C=O) groups excluding carboxylic acids is 1. The first-order valence-corrected chi connectivity index (χ1v) is 7.17. The second-order valence-corrected chi connectivity index (χ2v) is 6.29. The molecule has 1 aliphatic heterocycles. The van der Waals surface area contributed by atoms with Gasteiger partial charge < -0.3 is 0 Å². The lowest BCUT2D eigenvalue weighted by Gasteiger charge is -2.37. The average Bonchev–Trinajstić information content (AvgIpc) is 2.16. The highest BCUT2D eigenvalue weighted by Gasteiger charge is 2.45. The zero-order chi connectivity index (χ0) is 12.8. The van der Waals surface area contributed by atoms with Crippen LogP contribution in [0, 0.1) is 5.82 Å². The summed E-state index contributed by atoms with van der Waals surface area (Å²) in [4.78, 5) is 11.2. The molecule has 92 valence electrons. The summed E-state index contributed by atoms with van der Waals surface area (Å²) in [6.45, 7) is 0. The minimum atomic E-state index is -4.20. The Morgan fingerprint density at radius 2 is 2.06 bits per heavy atom. The van der Waals surface area contributed by atoms with Crippen molar-refractivity contribution in [3.05, 3.63) is 34.6 Å². The van der Waals surface area contributed by atoms with E-state index in [9.17, 15) is 17.6 Å². The van der Waals surface area contributed by atoms with Crippen molar-refractivity contribution in [3.63, 3.8) is 0 Å². The van der Waals surface area contributed by atoms with Crippen molar-refractivity contribution in [3.8, 4) is 0 Å².